The second kappa shape index (κ2) is 5.34. The number of fused-ring (bicyclic) bond motifs is 1. The van der Waals surface area contributed by atoms with Crippen molar-refractivity contribution < 1.29 is 22.4 Å². The van der Waals surface area contributed by atoms with E-state index in [1.54, 1.807) is 24.3 Å². The summed E-state index contributed by atoms with van der Waals surface area (Å²) in [5.74, 6) is 1.87. The number of aromatic nitrogens is 2. The first-order valence-electron chi connectivity index (χ1n) is 7.05. The highest BCUT2D eigenvalue weighted by atomic mass is 32.2. The summed E-state index contributed by atoms with van der Waals surface area (Å²) in [5.41, 5.74) is 1.30. The normalized spacial score (nSPS) is 13.2. The van der Waals surface area contributed by atoms with E-state index in [4.69, 9.17) is 14.0 Å². The lowest BCUT2D eigenvalue weighted by molar-refractivity contribution is 0.174. The Morgan fingerprint density at radius 1 is 1.04 bits per heavy atom. The largest absolute Gasteiger partial charge is 0.454 e. The maximum atomic E-state index is 11.5. The van der Waals surface area contributed by atoms with Crippen molar-refractivity contribution in [3.05, 3.63) is 42.5 Å². The van der Waals surface area contributed by atoms with E-state index in [0.717, 1.165) is 6.26 Å². The summed E-state index contributed by atoms with van der Waals surface area (Å²) in [5, 5.41) is 3.95. The van der Waals surface area contributed by atoms with Crippen LogP contribution < -0.4 is 9.47 Å². The third kappa shape index (κ3) is 2.50. The van der Waals surface area contributed by atoms with Crippen LogP contribution in [-0.4, -0.2) is 31.6 Å². The van der Waals surface area contributed by atoms with Crippen LogP contribution in [0.2, 0.25) is 0 Å². The number of hydrogen-bond donors (Lipinski definition) is 0. The van der Waals surface area contributed by atoms with Crippen LogP contribution in [0.25, 0.3) is 22.8 Å². The molecule has 0 N–H and O–H groups in total. The molecule has 0 saturated heterocycles. The van der Waals surface area contributed by atoms with E-state index in [0.29, 0.717) is 34.3 Å². The van der Waals surface area contributed by atoms with Gasteiger partial charge in [-0.2, -0.15) is 4.98 Å². The van der Waals surface area contributed by atoms with Crippen LogP contribution in [0.15, 0.2) is 51.9 Å². The number of sulfone groups is 1. The fourth-order valence-corrected chi connectivity index (χ4v) is 3.03. The molecule has 0 saturated carbocycles. The molecule has 8 heteroatoms. The number of para-hydroxylation sites is 1. The molecule has 1 aliphatic rings. The first-order chi connectivity index (χ1) is 11.5. The Morgan fingerprint density at radius 2 is 1.83 bits per heavy atom. The van der Waals surface area contributed by atoms with E-state index in [1.165, 1.54) is 12.1 Å². The van der Waals surface area contributed by atoms with E-state index in [-0.39, 0.29) is 11.7 Å². The van der Waals surface area contributed by atoms with Gasteiger partial charge in [0.1, 0.15) is 0 Å². The third-order valence-electron chi connectivity index (χ3n) is 3.59. The van der Waals surface area contributed by atoms with Crippen LogP contribution in [0.4, 0.5) is 0 Å². The molecule has 7 nitrogen and oxygen atoms in total. The Kier molecular flexibility index (Phi) is 3.27. The number of hydrogen-bond acceptors (Lipinski definition) is 7. The zero-order chi connectivity index (χ0) is 16.7. The predicted octanol–water partition coefficient (Wildman–Crippen LogP) is 2.54. The molecule has 0 spiro atoms. The highest BCUT2D eigenvalue weighted by Crippen LogP contribution is 2.40. The third-order valence-corrected chi connectivity index (χ3v) is 4.72. The summed E-state index contributed by atoms with van der Waals surface area (Å²) in [4.78, 5) is 4.59. The van der Waals surface area contributed by atoms with Crippen LogP contribution in [0, 0.1) is 0 Å². The summed E-state index contributed by atoms with van der Waals surface area (Å²) in [7, 11) is -3.24. The van der Waals surface area contributed by atoms with Gasteiger partial charge in [0, 0.05) is 11.8 Å². The lowest BCUT2D eigenvalue weighted by atomic mass is 10.2. The van der Waals surface area contributed by atoms with Crippen molar-refractivity contribution in [3.8, 4) is 34.3 Å². The van der Waals surface area contributed by atoms with Gasteiger partial charge >= 0.3 is 0 Å². The van der Waals surface area contributed by atoms with Gasteiger partial charge in [-0.25, -0.2) is 8.42 Å². The molecule has 122 valence electrons. The molecule has 24 heavy (non-hydrogen) atoms. The molecule has 2 aromatic carbocycles. The van der Waals surface area contributed by atoms with E-state index in [1.807, 2.05) is 6.07 Å². The quantitative estimate of drug-likeness (QED) is 0.721. The van der Waals surface area contributed by atoms with Crippen LogP contribution >= 0.6 is 0 Å². The average molecular weight is 344 g/mol. The Hall–Kier alpha value is -2.87. The molecule has 0 aliphatic carbocycles. The number of ether oxygens (including phenoxy) is 2. The molecule has 0 amide bonds. The maximum absolute atomic E-state index is 11.5. The minimum Gasteiger partial charge on any atom is -0.454 e. The predicted molar refractivity (Wildman–Crippen MR) is 84.4 cm³/mol. The van der Waals surface area contributed by atoms with Gasteiger partial charge in [-0.15, -0.1) is 0 Å². The van der Waals surface area contributed by atoms with Gasteiger partial charge in [-0.3, -0.25) is 0 Å². The molecule has 0 fully saturated rings. The van der Waals surface area contributed by atoms with Gasteiger partial charge in [0.05, 0.1) is 10.5 Å². The van der Waals surface area contributed by atoms with Crippen molar-refractivity contribution in [1.29, 1.82) is 0 Å². The van der Waals surface area contributed by atoms with Crippen molar-refractivity contribution in [2.75, 3.05) is 13.0 Å². The van der Waals surface area contributed by atoms with E-state index >= 15 is 0 Å². The highest BCUT2D eigenvalue weighted by molar-refractivity contribution is 7.90. The van der Waals surface area contributed by atoms with Gasteiger partial charge in [0.15, 0.2) is 21.3 Å². The van der Waals surface area contributed by atoms with Gasteiger partial charge in [-0.05, 0) is 36.4 Å². The molecule has 4 rings (SSSR count). The highest BCUT2D eigenvalue weighted by Gasteiger charge is 2.22. The summed E-state index contributed by atoms with van der Waals surface area (Å²) < 4.78 is 39.1. The number of nitrogens with zero attached hydrogens (tertiary/aromatic N) is 2. The molecule has 2 heterocycles. The van der Waals surface area contributed by atoms with Crippen molar-refractivity contribution in [3.63, 3.8) is 0 Å². The first-order valence-corrected chi connectivity index (χ1v) is 8.95. The standard InChI is InChI=1S/C16H12N2O5S/c1-24(19,20)11-7-5-10(6-8-11)15-17-16(23-18-15)12-3-2-4-13-14(12)22-9-21-13/h2-8H,9H2,1H3. The summed E-state index contributed by atoms with van der Waals surface area (Å²) >= 11 is 0. The van der Waals surface area contributed by atoms with Gasteiger partial charge < -0.3 is 14.0 Å². The molecule has 0 bridgehead atoms. The van der Waals surface area contributed by atoms with Crippen molar-refractivity contribution in [2.45, 2.75) is 4.90 Å². The second-order valence-electron chi connectivity index (χ2n) is 5.26. The topological polar surface area (TPSA) is 91.5 Å². The summed E-state index contributed by atoms with van der Waals surface area (Å²) in [6.07, 6.45) is 1.16. The number of rotatable bonds is 3. The zero-order valence-corrected chi connectivity index (χ0v) is 13.4. The Bertz CT molecular complexity index is 1010. The number of benzene rings is 2. The Balaban J connectivity index is 1.70. The zero-order valence-electron chi connectivity index (χ0n) is 12.6. The van der Waals surface area contributed by atoms with E-state index < -0.39 is 9.84 Å². The maximum Gasteiger partial charge on any atom is 0.262 e. The fraction of sp³-hybridized carbons (Fsp3) is 0.125. The molecule has 1 aromatic heterocycles. The molecular weight excluding hydrogens is 332 g/mol. The van der Waals surface area contributed by atoms with Crippen LogP contribution in [-0.2, 0) is 9.84 Å². The second-order valence-corrected chi connectivity index (χ2v) is 7.27. The molecule has 0 radical (unpaired) electrons. The fourth-order valence-electron chi connectivity index (χ4n) is 2.40. The lowest BCUT2D eigenvalue weighted by Crippen LogP contribution is -1.96. The molecular formula is C16H12N2O5S. The van der Waals surface area contributed by atoms with Gasteiger partial charge in [-0.1, -0.05) is 11.2 Å². The van der Waals surface area contributed by atoms with Crippen molar-refractivity contribution in [2.24, 2.45) is 0 Å². The van der Waals surface area contributed by atoms with Crippen molar-refractivity contribution >= 4 is 9.84 Å². The van der Waals surface area contributed by atoms with E-state index in [2.05, 4.69) is 10.1 Å². The smallest absolute Gasteiger partial charge is 0.262 e. The van der Waals surface area contributed by atoms with Crippen LogP contribution in [0.1, 0.15) is 0 Å². The Morgan fingerprint density at radius 3 is 2.58 bits per heavy atom. The molecule has 3 aromatic rings. The SMILES string of the molecule is CS(=O)(=O)c1ccc(-c2noc(-c3cccc4c3OCO4)n2)cc1. The minimum atomic E-state index is -3.24. The monoisotopic (exact) mass is 344 g/mol. The lowest BCUT2D eigenvalue weighted by Gasteiger charge is -2.00. The first kappa shape index (κ1) is 14.7. The summed E-state index contributed by atoms with van der Waals surface area (Å²) in [6, 6.07) is 11.7. The molecule has 0 unspecified atom stereocenters. The summed E-state index contributed by atoms with van der Waals surface area (Å²) in [6.45, 7) is 0.153. The Labute approximate surface area is 137 Å². The van der Waals surface area contributed by atoms with Gasteiger partial charge in [0.25, 0.3) is 5.89 Å². The molecule has 1 aliphatic heterocycles. The minimum absolute atomic E-state index is 0.153. The average Bonchev–Trinajstić information content (AvgIpc) is 3.23. The van der Waals surface area contributed by atoms with Crippen molar-refractivity contribution in [1.82, 2.24) is 10.1 Å². The van der Waals surface area contributed by atoms with E-state index in [9.17, 15) is 8.42 Å². The van der Waals surface area contributed by atoms with Gasteiger partial charge in [0.2, 0.25) is 12.6 Å². The van der Waals surface area contributed by atoms with Crippen LogP contribution in [0.5, 0.6) is 11.5 Å². The van der Waals surface area contributed by atoms with Crippen LogP contribution in [0.3, 0.4) is 0 Å². The molecule has 0 atom stereocenters.